The van der Waals surface area contributed by atoms with E-state index >= 15 is 0 Å². The van der Waals surface area contributed by atoms with Crippen LogP contribution in [0.1, 0.15) is 0 Å². The van der Waals surface area contributed by atoms with E-state index in [0.29, 0.717) is 0 Å². The van der Waals surface area contributed by atoms with Gasteiger partial charge in [-0.1, -0.05) is 0 Å². The zero-order valence-electron chi connectivity index (χ0n) is 6.18. The Hall–Kier alpha value is 7.22. The van der Waals surface area contributed by atoms with Gasteiger partial charge in [0.1, 0.15) is 0 Å². The van der Waals surface area contributed by atoms with E-state index < -0.39 is 7.32 Å². The molecule has 0 aliphatic heterocycles. The van der Waals surface area contributed by atoms with Crippen molar-refractivity contribution in [1.82, 2.24) is 0 Å². The molecule has 0 unspecified atom stereocenters. The Morgan fingerprint density at radius 1 is 0.667 bits per heavy atom. The number of halogens is 1. The molecule has 32 valence electrons. The van der Waals surface area contributed by atoms with Crippen LogP contribution < -0.4 is 245 Å². The van der Waals surface area contributed by atoms with Crippen molar-refractivity contribution in [1.29, 1.82) is 0 Å². The third-order valence-corrected chi connectivity index (χ3v) is 0. The first kappa shape index (κ1) is 36.0. The fourth-order valence-electron chi connectivity index (χ4n) is 0. The Morgan fingerprint density at radius 3 is 0.667 bits per heavy atom. The first-order valence-corrected chi connectivity index (χ1v) is 0.707. The average Bonchev–Trinajstić information content (AvgIpc) is 0.811. The maximum atomic E-state index is 8.42. The molecule has 9 heavy (non-hydrogen) atoms. The summed E-state index contributed by atoms with van der Waals surface area (Å²) < 4.78 is 0. The summed E-state index contributed by atoms with van der Waals surface area (Å²) in [5.74, 6) is 0. The fraction of sp³-hybridized carbons (Fsp3) is 0. The molecular formula is BIK4O3. The first-order chi connectivity index (χ1) is 1.73. The molecule has 0 saturated heterocycles. The molecule has 0 amide bonds. The quantitative estimate of drug-likeness (QED) is 0.324. The summed E-state index contributed by atoms with van der Waals surface area (Å²) >= 11 is 0. The molecule has 0 bridgehead atoms. The van der Waals surface area contributed by atoms with E-state index in [2.05, 4.69) is 0 Å². The van der Waals surface area contributed by atoms with E-state index in [0.717, 1.165) is 0 Å². The monoisotopic (exact) mass is 342 g/mol. The molecule has 3 nitrogen and oxygen atoms in total. The molecule has 0 N–H and O–H groups in total. The summed E-state index contributed by atoms with van der Waals surface area (Å²) in [7, 11) is -2.92. The van der Waals surface area contributed by atoms with Gasteiger partial charge in [0.05, 0.1) is 0 Å². The molecule has 9 heteroatoms. The number of rotatable bonds is 0. The van der Waals surface area contributed by atoms with E-state index in [1.54, 1.807) is 0 Å². The molecule has 0 aliphatic rings. The van der Waals surface area contributed by atoms with Crippen LogP contribution >= 0.6 is 0 Å². The van der Waals surface area contributed by atoms with Gasteiger partial charge in [-0.15, -0.1) is 0 Å². The average molecular weight is 342 g/mol. The van der Waals surface area contributed by atoms with Crippen LogP contribution in [0.4, 0.5) is 0 Å². The zero-order chi connectivity index (χ0) is 3.58. The normalized spacial score (nSPS) is 3.00. The van der Waals surface area contributed by atoms with Crippen LogP contribution in [0.25, 0.3) is 0 Å². The maximum Gasteiger partial charge on any atom is 1.00 e. The molecule has 0 aliphatic carbocycles. The van der Waals surface area contributed by atoms with Gasteiger partial charge in [-0.25, -0.2) is 0 Å². The smallest absolute Gasteiger partial charge is 1.00 e. The van der Waals surface area contributed by atoms with Crippen molar-refractivity contribution in [2.45, 2.75) is 0 Å². The van der Waals surface area contributed by atoms with Gasteiger partial charge < -0.3 is 39.0 Å². The Balaban J connectivity index is -0.00000000450. The fourth-order valence-corrected chi connectivity index (χ4v) is 0. The molecule has 0 saturated carbocycles. The van der Waals surface area contributed by atoms with Gasteiger partial charge in [0.2, 0.25) is 0 Å². The predicted molar refractivity (Wildman–Crippen MR) is 5.75 cm³/mol. The van der Waals surface area contributed by atoms with E-state index in [-0.39, 0.29) is 230 Å². The van der Waals surface area contributed by atoms with Crippen molar-refractivity contribution in [3.05, 3.63) is 0 Å². The SMILES string of the molecule is [I-].[K+].[K+].[K+].[K+].[O-]B([O-])[O-]. The van der Waals surface area contributed by atoms with E-state index in [4.69, 9.17) is 15.1 Å². The minimum Gasteiger partial charge on any atom is -1.00 e. The molecule has 0 spiro atoms. The van der Waals surface area contributed by atoms with Gasteiger partial charge in [-0.05, 0) is 0 Å². The summed E-state index contributed by atoms with van der Waals surface area (Å²) in [6.07, 6.45) is 0. The first-order valence-electron chi connectivity index (χ1n) is 0.707. The van der Waals surface area contributed by atoms with Crippen molar-refractivity contribution in [3.8, 4) is 0 Å². The third-order valence-electron chi connectivity index (χ3n) is 0. The summed E-state index contributed by atoms with van der Waals surface area (Å²) in [6.45, 7) is 0. The van der Waals surface area contributed by atoms with Crippen LogP contribution in [-0.4, -0.2) is 7.32 Å². The second kappa shape index (κ2) is 29.5. The predicted octanol–water partition coefficient (Wildman–Crippen LogP) is -18.9. The number of hydrogen-bond acceptors (Lipinski definition) is 3. The molecule has 0 aromatic carbocycles. The molecule has 0 radical (unpaired) electrons. The van der Waals surface area contributed by atoms with Crippen molar-refractivity contribution in [2.24, 2.45) is 0 Å². The second-order valence-electron chi connectivity index (χ2n) is 0.289. The summed E-state index contributed by atoms with van der Waals surface area (Å²) in [5, 5.41) is 25.2. The Labute approximate surface area is 243 Å². The topological polar surface area (TPSA) is 69.2 Å². The van der Waals surface area contributed by atoms with Gasteiger partial charge in [0, 0.05) is 0 Å². The molecule has 0 aromatic rings. The van der Waals surface area contributed by atoms with Gasteiger partial charge in [-0.2, -0.15) is 0 Å². The molecular weight excluding hydrogens is 342 g/mol. The molecule has 0 aromatic heterocycles. The van der Waals surface area contributed by atoms with Crippen LogP contribution in [0.2, 0.25) is 0 Å². The van der Waals surface area contributed by atoms with Crippen LogP contribution in [0, 0.1) is 0 Å². The third kappa shape index (κ3) is 51.0. The maximum absolute atomic E-state index is 8.42. The minimum atomic E-state index is -2.92. The Morgan fingerprint density at radius 2 is 0.667 bits per heavy atom. The minimum absolute atomic E-state index is 0. The van der Waals surface area contributed by atoms with Gasteiger partial charge in [0.25, 0.3) is 0 Å². The number of hydrogen-bond donors (Lipinski definition) is 0. The standard InChI is InChI=1S/BO3.HI.4K/c2-1(3)4;;;;;/h;1H;;;;/q-3;;4*+1/p-1. The van der Waals surface area contributed by atoms with Crippen LogP contribution in [-0.2, 0) is 0 Å². The molecule has 0 fully saturated rings. The van der Waals surface area contributed by atoms with Crippen LogP contribution in [0.3, 0.4) is 0 Å². The van der Waals surface area contributed by atoms with E-state index in [1.807, 2.05) is 0 Å². The summed E-state index contributed by atoms with van der Waals surface area (Å²) in [4.78, 5) is 0. The summed E-state index contributed by atoms with van der Waals surface area (Å²) in [6, 6.07) is 0. The van der Waals surface area contributed by atoms with Crippen LogP contribution in [0.15, 0.2) is 0 Å². The van der Waals surface area contributed by atoms with Gasteiger partial charge in [-0.3, -0.25) is 7.32 Å². The van der Waals surface area contributed by atoms with E-state index in [9.17, 15) is 0 Å². The van der Waals surface area contributed by atoms with Gasteiger partial charge in [0.15, 0.2) is 0 Å². The van der Waals surface area contributed by atoms with Crippen molar-refractivity contribution in [3.63, 3.8) is 0 Å². The molecule has 0 heterocycles. The molecule has 0 rings (SSSR count). The van der Waals surface area contributed by atoms with Crippen molar-refractivity contribution >= 4 is 7.32 Å². The van der Waals surface area contributed by atoms with E-state index in [1.165, 1.54) is 0 Å². The van der Waals surface area contributed by atoms with Crippen molar-refractivity contribution in [2.75, 3.05) is 0 Å². The largest absolute Gasteiger partial charge is 1.00 e. The zero-order valence-corrected chi connectivity index (χ0v) is 20.8. The van der Waals surface area contributed by atoms with Gasteiger partial charge >= 0.3 is 206 Å². The second-order valence-corrected chi connectivity index (χ2v) is 0.289. The summed E-state index contributed by atoms with van der Waals surface area (Å²) in [5.41, 5.74) is 0. The molecule has 0 atom stereocenters. The Bertz CT molecular complexity index is 20.5. The Kier molecular flexibility index (Phi) is 118. The van der Waals surface area contributed by atoms with Crippen LogP contribution in [0.5, 0.6) is 0 Å². The van der Waals surface area contributed by atoms with Crippen molar-refractivity contribution < 1.29 is 245 Å².